The number of non-ortho nitro benzene ring substituents is 1. The lowest BCUT2D eigenvalue weighted by atomic mass is 10.3. The molecular weight excluding hydrogens is 304 g/mol. The Morgan fingerprint density at radius 2 is 1.91 bits per heavy atom. The molecule has 3 rings (SSSR count). The number of likely N-dealkylation sites (tertiary alicyclic amines) is 1. The van der Waals surface area contributed by atoms with Crippen LogP contribution in [0.3, 0.4) is 0 Å². The van der Waals surface area contributed by atoms with E-state index in [1.165, 1.54) is 16.8 Å². The van der Waals surface area contributed by atoms with Crippen molar-refractivity contribution in [1.29, 1.82) is 0 Å². The number of nitrogens with two attached hydrogens (primary N) is 1. The lowest BCUT2D eigenvalue weighted by molar-refractivity contribution is -0.384. The Balaban J connectivity index is 1.89. The number of nitrogen functional groups attached to an aromatic ring is 1. The number of hydrogen-bond acceptors (Lipinski definition) is 6. The number of anilines is 1. The zero-order valence-electron chi connectivity index (χ0n) is 11.7. The summed E-state index contributed by atoms with van der Waals surface area (Å²) in [4.78, 5) is 12.9. The molecule has 1 aromatic carbocycles. The predicted octanol–water partition coefficient (Wildman–Crippen LogP) is 1.53. The molecule has 1 aliphatic heterocycles. The minimum Gasteiger partial charge on any atom is -0.382 e. The second-order valence-corrected chi connectivity index (χ2v) is 5.39. The maximum Gasteiger partial charge on any atom is 0.269 e. The van der Waals surface area contributed by atoms with Gasteiger partial charge in [0.05, 0.1) is 10.6 Å². The highest BCUT2D eigenvalue weighted by Crippen LogP contribution is 2.21. The first-order valence-electron chi connectivity index (χ1n) is 6.83. The lowest BCUT2D eigenvalue weighted by Crippen LogP contribution is -2.27. The van der Waals surface area contributed by atoms with E-state index in [1.54, 1.807) is 12.1 Å². The van der Waals surface area contributed by atoms with Gasteiger partial charge in [0, 0.05) is 25.2 Å². The summed E-state index contributed by atoms with van der Waals surface area (Å²) in [7, 11) is 0. The van der Waals surface area contributed by atoms with Gasteiger partial charge in [-0.3, -0.25) is 10.1 Å². The van der Waals surface area contributed by atoms with Gasteiger partial charge in [-0.15, -0.1) is 5.10 Å². The van der Waals surface area contributed by atoms with Crippen LogP contribution in [0.2, 0.25) is 0 Å². The van der Waals surface area contributed by atoms with Crippen molar-refractivity contribution in [3.63, 3.8) is 0 Å². The third-order valence-electron chi connectivity index (χ3n) is 3.61. The highest BCUT2D eigenvalue weighted by atomic mass is 32.1. The van der Waals surface area contributed by atoms with Crippen LogP contribution in [-0.2, 0) is 0 Å². The first-order chi connectivity index (χ1) is 10.6. The molecule has 1 aliphatic rings. The molecule has 0 amide bonds. The Morgan fingerprint density at radius 3 is 2.50 bits per heavy atom. The van der Waals surface area contributed by atoms with Gasteiger partial charge < -0.3 is 10.6 Å². The second-order valence-electron chi connectivity index (χ2n) is 5.01. The molecule has 0 unspecified atom stereocenters. The van der Waals surface area contributed by atoms with Crippen LogP contribution in [0.5, 0.6) is 0 Å². The monoisotopic (exact) mass is 318 g/mol. The molecule has 1 aromatic heterocycles. The standard InChI is InChI=1S/C13H14N6O2S/c14-12-11(13(22)17-7-1-2-8-17)15-16-18(12)9-3-5-10(6-4-9)19(20)21/h3-6H,1-2,7-8,14H2. The van der Waals surface area contributed by atoms with Gasteiger partial charge in [0.1, 0.15) is 4.99 Å². The Bertz CT molecular complexity index is 721. The molecular formula is C13H14N6O2S. The van der Waals surface area contributed by atoms with E-state index < -0.39 is 4.92 Å². The molecule has 1 fully saturated rings. The van der Waals surface area contributed by atoms with Gasteiger partial charge in [0.15, 0.2) is 11.5 Å². The van der Waals surface area contributed by atoms with Gasteiger partial charge in [0.2, 0.25) is 0 Å². The van der Waals surface area contributed by atoms with E-state index in [2.05, 4.69) is 15.2 Å². The van der Waals surface area contributed by atoms with E-state index in [-0.39, 0.29) is 5.69 Å². The number of nitrogens with zero attached hydrogens (tertiary/aromatic N) is 5. The van der Waals surface area contributed by atoms with Gasteiger partial charge in [-0.25, -0.2) is 0 Å². The molecule has 8 nitrogen and oxygen atoms in total. The summed E-state index contributed by atoms with van der Waals surface area (Å²) in [6.45, 7) is 1.81. The number of nitro groups is 1. The molecule has 22 heavy (non-hydrogen) atoms. The first kappa shape index (κ1) is 14.4. The average molecular weight is 318 g/mol. The van der Waals surface area contributed by atoms with Gasteiger partial charge >= 0.3 is 0 Å². The van der Waals surface area contributed by atoms with E-state index >= 15 is 0 Å². The van der Waals surface area contributed by atoms with Crippen molar-refractivity contribution in [2.75, 3.05) is 18.8 Å². The van der Waals surface area contributed by atoms with Crippen LogP contribution < -0.4 is 5.73 Å². The number of rotatable bonds is 3. The fourth-order valence-corrected chi connectivity index (χ4v) is 2.75. The van der Waals surface area contributed by atoms with Crippen LogP contribution in [0.1, 0.15) is 18.5 Å². The van der Waals surface area contributed by atoms with Crippen molar-refractivity contribution in [1.82, 2.24) is 19.9 Å². The van der Waals surface area contributed by atoms with E-state index in [1.807, 2.05) is 0 Å². The van der Waals surface area contributed by atoms with E-state index in [0.717, 1.165) is 25.9 Å². The van der Waals surface area contributed by atoms with Gasteiger partial charge in [-0.05, 0) is 25.0 Å². The van der Waals surface area contributed by atoms with E-state index in [0.29, 0.717) is 22.2 Å². The number of benzene rings is 1. The summed E-state index contributed by atoms with van der Waals surface area (Å²) in [5, 5.41) is 18.8. The molecule has 0 saturated carbocycles. The van der Waals surface area contributed by atoms with Gasteiger partial charge in [0.25, 0.3) is 5.69 Å². The minimum absolute atomic E-state index is 0.00949. The fourth-order valence-electron chi connectivity index (χ4n) is 2.42. The van der Waals surface area contributed by atoms with Crippen LogP contribution in [-0.4, -0.2) is 42.9 Å². The number of nitro benzene ring substituents is 1. The second kappa shape index (κ2) is 5.68. The molecule has 0 radical (unpaired) electrons. The zero-order valence-corrected chi connectivity index (χ0v) is 12.5. The Hall–Kier alpha value is -2.55. The Labute approximate surface area is 131 Å². The molecule has 2 aromatic rings. The zero-order chi connectivity index (χ0) is 15.7. The molecule has 0 atom stereocenters. The largest absolute Gasteiger partial charge is 0.382 e. The van der Waals surface area contributed by atoms with E-state index in [4.69, 9.17) is 18.0 Å². The number of hydrogen-bond donors (Lipinski definition) is 1. The average Bonchev–Trinajstić information content (AvgIpc) is 3.16. The van der Waals surface area contributed by atoms with Crippen LogP contribution >= 0.6 is 12.2 Å². The van der Waals surface area contributed by atoms with Crippen molar-refractivity contribution in [3.8, 4) is 5.69 Å². The lowest BCUT2D eigenvalue weighted by Gasteiger charge is -2.16. The SMILES string of the molecule is Nc1c(C(=S)N2CCCC2)nnn1-c1ccc([N+](=O)[O-])cc1. The maximum atomic E-state index is 10.7. The Morgan fingerprint density at radius 1 is 1.27 bits per heavy atom. The summed E-state index contributed by atoms with van der Waals surface area (Å²) in [6, 6.07) is 5.95. The molecule has 114 valence electrons. The summed E-state index contributed by atoms with van der Waals surface area (Å²) in [6.07, 6.45) is 2.22. The summed E-state index contributed by atoms with van der Waals surface area (Å²) >= 11 is 5.43. The van der Waals surface area contributed by atoms with Crippen LogP contribution in [0.25, 0.3) is 5.69 Å². The van der Waals surface area contributed by atoms with Crippen LogP contribution in [0.4, 0.5) is 11.5 Å². The quantitative estimate of drug-likeness (QED) is 0.520. The highest BCUT2D eigenvalue weighted by molar-refractivity contribution is 7.80. The van der Waals surface area contributed by atoms with E-state index in [9.17, 15) is 10.1 Å². The van der Waals surface area contributed by atoms with Gasteiger partial charge in [-0.2, -0.15) is 4.68 Å². The van der Waals surface area contributed by atoms with Gasteiger partial charge in [-0.1, -0.05) is 17.4 Å². The minimum atomic E-state index is -0.456. The van der Waals surface area contributed by atoms with Crippen molar-refractivity contribution in [3.05, 3.63) is 40.1 Å². The van der Waals surface area contributed by atoms with Crippen LogP contribution in [0, 0.1) is 10.1 Å². The van der Waals surface area contributed by atoms with Crippen molar-refractivity contribution >= 4 is 28.7 Å². The molecule has 2 heterocycles. The number of thiocarbonyl (C=S) groups is 1. The molecule has 0 aliphatic carbocycles. The highest BCUT2D eigenvalue weighted by Gasteiger charge is 2.22. The van der Waals surface area contributed by atoms with Crippen molar-refractivity contribution in [2.24, 2.45) is 0 Å². The molecule has 0 spiro atoms. The maximum absolute atomic E-state index is 10.7. The summed E-state index contributed by atoms with van der Waals surface area (Å²) in [5.74, 6) is 0.339. The summed E-state index contributed by atoms with van der Waals surface area (Å²) < 4.78 is 1.43. The normalized spacial score (nSPS) is 14.3. The van der Waals surface area contributed by atoms with Crippen LogP contribution in [0.15, 0.2) is 24.3 Å². The smallest absolute Gasteiger partial charge is 0.269 e. The topological polar surface area (TPSA) is 103 Å². The van der Waals surface area contributed by atoms with Crippen molar-refractivity contribution < 1.29 is 4.92 Å². The molecule has 1 saturated heterocycles. The third kappa shape index (κ3) is 2.50. The molecule has 0 bridgehead atoms. The Kier molecular flexibility index (Phi) is 3.72. The third-order valence-corrected chi connectivity index (χ3v) is 4.06. The first-order valence-corrected chi connectivity index (χ1v) is 7.24. The predicted molar refractivity (Wildman–Crippen MR) is 84.9 cm³/mol. The molecule has 2 N–H and O–H groups in total. The fraction of sp³-hybridized carbons (Fsp3) is 0.308. The summed E-state index contributed by atoms with van der Waals surface area (Å²) in [5.41, 5.74) is 7.19. The number of aromatic nitrogens is 3. The molecule has 9 heteroatoms. The van der Waals surface area contributed by atoms with Crippen molar-refractivity contribution in [2.45, 2.75) is 12.8 Å².